The van der Waals surface area contributed by atoms with E-state index in [1.165, 1.54) is 41.2 Å². The molecule has 0 radical (unpaired) electrons. The van der Waals surface area contributed by atoms with Crippen molar-refractivity contribution < 1.29 is 4.92 Å². The number of benzene rings is 1. The molecule has 0 aliphatic rings. The normalized spacial score (nSPS) is 10.2. The van der Waals surface area contributed by atoms with Crippen molar-refractivity contribution in [2.24, 2.45) is 5.84 Å². The molecule has 2 rings (SSSR count). The Kier molecular flexibility index (Phi) is 3.53. The van der Waals surface area contributed by atoms with E-state index in [0.29, 0.717) is 11.3 Å². The van der Waals surface area contributed by atoms with Gasteiger partial charge in [0.15, 0.2) is 0 Å². The summed E-state index contributed by atoms with van der Waals surface area (Å²) in [5.74, 6) is 5.34. The number of nitro groups is 1. The lowest BCUT2D eigenvalue weighted by atomic mass is 10.1. The van der Waals surface area contributed by atoms with E-state index in [-0.39, 0.29) is 17.8 Å². The molecule has 0 amide bonds. The van der Waals surface area contributed by atoms with Crippen molar-refractivity contribution in [2.45, 2.75) is 6.54 Å². The van der Waals surface area contributed by atoms with Gasteiger partial charge in [-0.25, -0.2) is 4.68 Å². The smallest absolute Gasteiger partial charge is 0.269 e. The van der Waals surface area contributed by atoms with E-state index < -0.39 is 4.92 Å². The van der Waals surface area contributed by atoms with Gasteiger partial charge in [-0.1, -0.05) is 0 Å². The third kappa shape index (κ3) is 2.75. The fourth-order valence-corrected chi connectivity index (χ4v) is 1.63. The van der Waals surface area contributed by atoms with Gasteiger partial charge in [-0.05, 0) is 12.1 Å². The first-order chi connectivity index (χ1) is 9.11. The molecular weight excluding hydrogens is 250 g/mol. The molecule has 19 heavy (non-hydrogen) atoms. The molecule has 0 saturated carbocycles. The van der Waals surface area contributed by atoms with Crippen LogP contribution in [0.25, 0.3) is 0 Å². The second-order valence-corrected chi connectivity index (χ2v) is 3.76. The number of nitrogens with zero attached hydrogens (tertiary/aromatic N) is 3. The van der Waals surface area contributed by atoms with Crippen LogP contribution in [0.5, 0.6) is 0 Å². The van der Waals surface area contributed by atoms with Gasteiger partial charge in [-0.15, -0.1) is 0 Å². The maximum Gasteiger partial charge on any atom is 0.269 e. The van der Waals surface area contributed by atoms with Crippen LogP contribution in [-0.2, 0) is 6.54 Å². The summed E-state index contributed by atoms with van der Waals surface area (Å²) in [5.41, 5.74) is 3.08. The lowest BCUT2D eigenvalue weighted by Crippen LogP contribution is -2.22. The van der Waals surface area contributed by atoms with Gasteiger partial charge < -0.3 is 5.43 Å². The minimum absolute atomic E-state index is 0.0713. The molecule has 0 bridgehead atoms. The van der Waals surface area contributed by atoms with Crippen LogP contribution < -0.4 is 16.8 Å². The molecule has 0 spiro atoms. The summed E-state index contributed by atoms with van der Waals surface area (Å²) in [5, 5.41) is 14.6. The van der Waals surface area contributed by atoms with Crippen molar-refractivity contribution in [3.8, 4) is 0 Å². The van der Waals surface area contributed by atoms with E-state index >= 15 is 0 Å². The largest absolute Gasteiger partial charge is 0.324 e. The average Bonchev–Trinajstić information content (AvgIpc) is 2.41. The quantitative estimate of drug-likeness (QED) is 0.470. The summed E-state index contributed by atoms with van der Waals surface area (Å²) in [7, 11) is 0. The second kappa shape index (κ2) is 5.27. The standard InChI is InChI=1S/C11H11N5O3/c12-14-10-4-3-9(16(18)19)6-8(10)7-15-11(17)2-1-5-13-15/h1-6,14H,7,12H2. The van der Waals surface area contributed by atoms with E-state index in [2.05, 4.69) is 10.5 Å². The van der Waals surface area contributed by atoms with Crippen LogP contribution >= 0.6 is 0 Å². The van der Waals surface area contributed by atoms with Gasteiger partial charge >= 0.3 is 0 Å². The minimum atomic E-state index is -0.509. The van der Waals surface area contributed by atoms with Crippen LogP contribution in [0.4, 0.5) is 11.4 Å². The fraction of sp³-hybridized carbons (Fsp3) is 0.0909. The topological polar surface area (TPSA) is 116 Å². The number of hydrogen-bond acceptors (Lipinski definition) is 6. The predicted octanol–water partition coefficient (Wildman–Crippen LogP) is 0.485. The van der Waals surface area contributed by atoms with Gasteiger partial charge in [-0.3, -0.25) is 20.8 Å². The van der Waals surface area contributed by atoms with E-state index in [9.17, 15) is 14.9 Å². The van der Waals surface area contributed by atoms with Crippen molar-refractivity contribution in [1.29, 1.82) is 0 Å². The van der Waals surface area contributed by atoms with E-state index in [0.717, 1.165) is 0 Å². The highest BCUT2D eigenvalue weighted by Gasteiger charge is 2.11. The number of nitrogens with two attached hydrogens (primary N) is 1. The third-order valence-electron chi connectivity index (χ3n) is 2.56. The molecule has 8 nitrogen and oxygen atoms in total. The molecule has 1 aromatic heterocycles. The number of hydrogen-bond donors (Lipinski definition) is 2. The molecule has 1 heterocycles. The van der Waals surface area contributed by atoms with Crippen molar-refractivity contribution in [3.63, 3.8) is 0 Å². The van der Waals surface area contributed by atoms with Gasteiger partial charge in [0.2, 0.25) is 0 Å². The monoisotopic (exact) mass is 261 g/mol. The van der Waals surface area contributed by atoms with Gasteiger partial charge in [0.1, 0.15) is 0 Å². The summed E-state index contributed by atoms with van der Waals surface area (Å²) in [6.07, 6.45) is 1.47. The van der Waals surface area contributed by atoms with Crippen LogP contribution in [0.1, 0.15) is 5.56 Å². The number of nitrogens with one attached hydrogen (secondary N) is 1. The lowest BCUT2D eigenvalue weighted by molar-refractivity contribution is -0.384. The van der Waals surface area contributed by atoms with E-state index in [4.69, 9.17) is 5.84 Å². The number of rotatable bonds is 4. The highest BCUT2D eigenvalue weighted by Crippen LogP contribution is 2.21. The Morgan fingerprint density at radius 3 is 2.84 bits per heavy atom. The van der Waals surface area contributed by atoms with Crippen LogP contribution in [0, 0.1) is 10.1 Å². The lowest BCUT2D eigenvalue weighted by Gasteiger charge is -2.09. The molecule has 3 N–H and O–H groups in total. The zero-order chi connectivity index (χ0) is 13.8. The molecule has 0 fully saturated rings. The minimum Gasteiger partial charge on any atom is -0.324 e. The zero-order valence-corrected chi connectivity index (χ0v) is 9.81. The number of nitro benzene ring substituents is 1. The van der Waals surface area contributed by atoms with Crippen molar-refractivity contribution in [2.75, 3.05) is 5.43 Å². The summed E-state index contributed by atoms with van der Waals surface area (Å²) < 4.78 is 1.19. The first-order valence-electron chi connectivity index (χ1n) is 5.38. The predicted molar refractivity (Wildman–Crippen MR) is 68.5 cm³/mol. The molecule has 1 aromatic carbocycles. The van der Waals surface area contributed by atoms with Crippen molar-refractivity contribution in [3.05, 3.63) is 62.6 Å². The van der Waals surface area contributed by atoms with Crippen LogP contribution in [0.3, 0.4) is 0 Å². The Hall–Kier alpha value is -2.74. The number of non-ortho nitro benzene ring substituents is 1. The van der Waals surface area contributed by atoms with Gasteiger partial charge in [0, 0.05) is 30.0 Å². The highest BCUT2D eigenvalue weighted by molar-refractivity contribution is 5.55. The number of nitrogen functional groups attached to an aromatic ring is 1. The molecular formula is C11H11N5O3. The molecule has 0 aliphatic carbocycles. The van der Waals surface area contributed by atoms with Crippen LogP contribution in [0.2, 0.25) is 0 Å². The number of hydrazine groups is 1. The Bertz CT molecular complexity index is 667. The van der Waals surface area contributed by atoms with Gasteiger partial charge in [-0.2, -0.15) is 5.10 Å². The van der Waals surface area contributed by atoms with E-state index in [1.54, 1.807) is 0 Å². The molecule has 8 heteroatoms. The van der Waals surface area contributed by atoms with Crippen molar-refractivity contribution in [1.82, 2.24) is 9.78 Å². The molecule has 0 atom stereocenters. The Morgan fingerprint density at radius 1 is 1.42 bits per heavy atom. The Labute approximate surface area is 107 Å². The Balaban J connectivity index is 2.43. The maximum atomic E-state index is 11.6. The first-order valence-corrected chi connectivity index (χ1v) is 5.38. The van der Waals surface area contributed by atoms with Crippen LogP contribution in [-0.4, -0.2) is 14.7 Å². The molecule has 0 aliphatic heterocycles. The summed E-state index contributed by atoms with van der Waals surface area (Å²) in [4.78, 5) is 21.8. The number of anilines is 1. The fourth-order valence-electron chi connectivity index (χ4n) is 1.63. The molecule has 98 valence electrons. The Morgan fingerprint density at radius 2 is 2.21 bits per heavy atom. The average molecular weight is 261 g/mol. The summed E-state index contributed by atoms with van der Waals surface area (Å²) >= 11 is 0. The SMILES string of the molecule is NNc1ccc([N+](=O)[O-])cc1Cn1ncccc1=O. The van der Waals surface area contributed by atoms with Crippen LogP contribution in [0.15, 0.2) is 41.3 Å². The summed E-state index contributed by atoms with van der Waals surface area (Å²) in [6, 6.07) is 7.06. The maximum absolute atomic E-state index is 11.6. The number of aromatic nitrogens is 2. The molecule has 0 unspecified atom stereocenters. The van der Waals surface area contributed by atoms with E-state index in [1.807, 2.05) is 0 Å². The molecule has 2 aromatic rings. The highest BCUT2D eigenvalue weighted by atomic mass is 16.6. The second-order valence-electron chi connectivity index (χ2n) is 3.76. The van der Waals surface area contributed by atoms with Gasteiger partial charge in [0.25, 0.3) is 11.2 Å². The summed E-state index contributed by atoms with van der Waals surface area (Å²) in [6.45, 7) is 0.0981. The first kappa shape index (κ1) is 12.7. The van der Waals surface area contributed by atoms with Gasteiger partial charge in [0.05, 0.1) is 17.2 Å². The van der Waals surface area contributed by atoms with Crippen molar-refractivity contribution >= 4 is 11.4 Å². The third-order valence-corrected chi connectivity index (χ3v) is 2.56. The molecule has 0 saturated heterocycles. The zero-order valence-electron chi connectivity index (χ0n) is 9.81.